The first-order valence-electron chi connectivity index (χ1n) is 16.1. The van der Waals surface area contributed by atoms with E-state index < -0.39 is 17.7 Å². The second-order valence-electron chi connectivity index (χ2n) is 12.9. The summed E-state index contributed by atoms with van der Waals surface area (Å²) in [5, 5.41) is 22.8. The van der Waals surface area contributed by atoms with Crippen LogP contribution in [0.15, 0.2) is 66.9 Å². The molecular formula is C35H42N8O5. The van der Waals surface area contributed by atoms with E-state index in [4.69, 9.17) is 9.47 Å². The first kappa shape index (κ1) is 34.0. The summed E-state index contributed by atoms with van der Waals surface area (Å²) in [5.74, 6) is 0.513. The highest BCUT2D eigenvalue weighted by molar-refractivity contribution is 5.97. The lowest BCUT2D eigenvalue weighted by Crippen LogP contribution is -2.48. The molecule has 1 fully saturated rings. The van der Waals surface area contributed by atoms with Gasteiger partial charge in [-0.25, -0.2) is 9.78 Å². The lowest BCUT2D eigenvalue weighted by atomic mass is 9.81. The Morgan fingerprint density at radius 3 is 2.31 bits per heavy atom. The van der Waals surface area contributed by atoms with E-state index in [0.29, 0.717) is 36.8 Å². The van der Waals surface area contributed by atoms with Gasteiger partial charge in [0.1, 0.15) is 11.6 Å². The Kier molecular flexibility index (Phi) is 11.0. The minimum atomic E-state index is -0.820. The van der Waals surface area contributed by atoms with Crippen LogP contribution in [0.3, 0.4) is 0 Å². The van der Waals surface area contributed by atoms with Gasteiger partial charge in [0, 0.05) is 41.9 Å². The SMILES string of the molecule is COc1ncccc1-c1ccc(CC(NC(=O)C2CCC(CNC(=O)OC(C)(C)C)CC2)C(=O)Nc2ccc(-c3nn[nH]n3)cc2)cc1. The zero-order chi connectivity index (χ0) is 34.1. The summed E-state index contributed by atoms with van der Waals surface area (Å²) in [6.07, 6.45) is 4.44. The van der Waals surface area contributed by atoms with Crippen LogP contribution in [0.25, 0.3) is 22.5 Å². The van der Waals surface area contributed by atoms with Crippen LogP contribution in [0.5, 0.6) is 5.88 Å². The third kappa shape index (κ3) is 9.36. The topological polar surface area (TPSA) is 173 Å². The van der Waals surface area contributed by atoms with Gasteiger partial charge in [-0.1, -0.05) is 24.3 Å². The third-order valence-electron chi connectivity index (χ3n) is 8.21. The number of aromatic amines is 1. The number of ether oxygens (including phenoxy) is 2. The summed E-state index contributed by atoms with van der Waals surface area (Å²) in [4.78, 5) is 43.6. The number of hydrogen-bond donors (Lipinski definition) is 4. The number of pyridine rings is 1. The lowest BCUT2D eigenvalue weighted by molar-refractivity contribution is -0.130. The van der Waals surface area contributed by atoms with Crippen molar-refractivity contribution < 1.29 is 23.9 Å². The predicted molar refractivity (Wildman–Crippen MR) is 180 cm³/mol. The van der Waals surface area contributed by atoms with Crippen LogP contribution < -0.4 is 20.7 Å². The zero-order valence-corrected chi connectivity index (χ0v) is 27.7. The van der Waals surface area contributed by atoms with Crippen LogP contribution in [0.1, 0.15) is 52.0 Å². The van der Waals surface area contributed by atoms with E-state index in [1.807, 2.05) is 57.2 Å². The minimum Gasteiger partial charge on any atom is -0.481 e. The van der Waals surface area contributed by atoms with Crippen molar-refractivity contribution in [1.29, 1.82) is 0 Å². The van der Waals surface area contributed by atoms with Crippen LogP contribution in [0.4, 0.5) is 10.5 Å². The van der Waals surface area contributed by atoms with E-state index in [-0.39, 0.29) is 30.1 Å². The van der Waals surface area contributed by atoms with Crippen molar-refractivity contribution in [3.05, 3.63) is 72.4 Å². The number of anilines is 1. The number of carbonyl (C=O) groups is 3. The van der Waals surface area contributed by atoms with Crippen molar-refractivity contribution in [2.24, 2.45) is 11.8 Å². The first-order valence-corrected chi connectivity index (χ1v) is 16.1. The molecule has 4 aromatic rings. The quantitative estimate of drug-likeness (QED) is 0.175. The molecule has 3 amide bonds. The Morgan fingerprint density at radius 1 is 0.958 bits per heavy atom. The Morgan fingerprint density at radius 2 is 1.67 bits per heavy atom. The number of benzene rings is 2. The number of amides is 3. The number of H-pyrrole nitrogens is 1. The maximum Gasteiger partial charge on any atom is 0.407 e. The molecule has 13 nitrogen and oxygen atoms in total. The summed E-state index contributed by atoms with van der Waals surface area (Å²) in [7, 11) is 1.58. The molecule has 13 heteroatoms. The monoisotopic (exact) mass is 654 g/mol. The Bertz CT molecular complexity index is 1660. The van der Waals surface area contributed by atoms with Crippen molar-refractivity contribution in [3.63, 3.8) is 0 Å². The Balaban J connectivity index is 1.24. The Labute approximate surface area is 279 Å². The van der Waals surface area contributed by atoms with Crippen LogP contribution in [0.2, 0.25) is 0 Å². The molecule has 2 heterocycles. The normalized spacial score (nSPS) is 16.8. The number of alkyl carbamates (subject to hydrolysis) is 1. The summed E-state index contributed by atoms with van der Waals surface area (Å²) in [6.45, 7) is 5.98. The average molecular weight is 655 g/mol. The number of nitrogens with zero attached hydrogens (tertiary/aromatic N) is 4. The number of hydrogen-bond acceptors (Lipinski definition) is 9. The molecule has 1 saturated carbocycles. The highest BCUT2D eigenvalue weighted by Gasteiger charge is 2.30. The number of tetrazole rings is 1. The number of rotatable bonds is 11. The fraction of sp³-hybridized carbons (Fsp3) is 0.400. The molecule has 48 heavy (non-hydrogen) atoms. The van der Waals surface area contributed by atoms with Gasteiger partial charge in [0.2, 0.25) is 23.5 Å². The summed E-state index contributed by atoms with van der Waals surface area (Å²) in [5.41, 5.74) is 3.42. The van der Waals surface area contributed by atoms with Crippen molar-refractivity contribution in [2.45, 2.75) is 64.5 Å². The fourth-order valence-corrected chi connectivity index (χ4v) is 5.71. The lowest BCUT2D eigenvalue weighted by Gasteiger charge is -2.29. The van der Waals surface area contributed by atoms with Crippen LogP contribution in [0, 0.1) is 11.8 Å². The van der Waals surface area contributed by atoms with Gasteiger partial charge in [-0.3, -0.25) is 9.59 Å². The standard InChI is InChI=1S/C35H42N8O5/c1-35(2,3)48-34(46)37-21-23-9-13-26(14-10-23)31(44)39-29(32(45)38-27-17-15-25(16-18-27)30-40-42-43-41-30)20-22-7-11-24(12-8-22)28-6-5-19-36-33(28)47-4/h5-8,11-12,15-19,23,26,29H,9-10,13-14,20-21H2,1-4H3,(H,37,46)(H,38,45)(H,39,44)(H,40,41,42,43). The van der Waals surface area contributed by atoms with E-state index in [1.54, 1.807) is 37.6 Å². The zero-order valence-electron chi connectivity index (χ0n) is 27.7. The minimum absolute atomic E-state index is 0.155. The van der Waals surface area contributed by atoms with E-state index in [1.165, 1.54) is 0 Å². The maximum absolute atomic E-state index is 13.7. The van der Waals surface area contributed by atoms with Crippen LogP contribution in [-0.2, 0) is 20.7 Å². The molecule has 4 N–H and O–H groups in total. The van der Waals surface area contributed by atoms with Gasteiger partial charge >= 0.3 is 6.09 Å². The fourth-order valence-electron chi connectivity index (χ4n) is 5.71. The predicted octanol–water partition coefficient (Wildman–Crippen LogP) is 4.93. The molecule has 252 valence electrons. The van der Waals surface area contributed by atoms with Gasteiger partial charge in [-0.2, -0.15) is 5.21 Å². The molecule has 0 saturated heterocycles. The van der Waals surface area contributed by atoms with Crippen LogP contribution in [-0.4, -0.2) is 68.8 Å². The first-order chi connectivity index (χ1) is 23.1. The number of carbonyl (C=O) groups excluding carboxylic acids is 3. The molecule has 0 radical (unpaired) electrons. The van der Waals surface area contributed by atoms with Crippen molar-refractivity contribution in [1.82, 2.24) is 36.2 Å². The Hall–Kier alpha value is -5.33. The van der Waals surface area contributed by atoms with Gasteiger partial charge in [-0.05, 0) is 105 Å². The van der Waals surface area contributed by atoms with E-state index in [9.17, 15) is 14.4 Å². The van der Waals surface area contributed by atoms with Gasteiger partial charge in [0.25, 0.3) is 0 Å². The van der Waals surface area contributed by atoms with Gasteiger partial charge in [0.15, 0.2) is 0 Å². The molecule has 2 aromatic heterocycles. The molecule has 0 spiro atoms. The third-order valence-corrected chi connectivity index (χ3v) is 8.21. The second-order valence-corrected chi connectivity index (χ2v) is 12.9. The average Bonchev–Trinajstić information content (AvgIpc) is 3.62. The molecular weight excluding hydrogens is 612 g/mol. The summed E-state index contributed by atoms with van der Waals surface area (Å²) in [6, 6.07) is 17.8. The largest absolute Gasteiger partial charge is 0.481 e. The molecule has 1 aliphatic carbocycles. The summed E-state index contributed by atoms with van der Waals surface area (Å²) >= 11 is 0. The van der Waals surface area contributed by atoms with Crippen LogP contribution >= 0.6 is 0 Å². The molecule has 0 aliphatic heterocycles. The number of methoxy groups -OCH3 is 1. The highest BCUT2D eigenvalue weighted by Crippen LogP contribution is 2.30. The molecule has 5 rings (SSSR count). The molecule has 1 atom stereocenters. The molecule has 1 unspecified atom stereocenters. The number of nitrogens with one attached hydrogen (secondary N) is 4. The molecule has 0 bridgehead atoms. The highest BCUT2D eigenvalue weighted by atomic mass is 16.6. The molecule has 1 aliphatic rings. The van der Waals surface area contributed by atoms with Gasteiger partial charge in [-0.15, -0.1) is 10.2 Å². The smallest absolute Gasteiger partial charge is 0.407 e. The van der Waals surface area contributed by atoms with Crippen molar-refractivity contribution in [2.75, 3.05) is 19.0 Å². The summed E-state index contributed by atoms with van der Waals surface area (Å²) < 4.78 is 10.8. The van der Waals surface area contributed by atoms with E-state index >= 15 is 0 Å². The van der Waals surface area contributed by atoms with Gasteiger partial charge < -0.3 is 25.4 Å². The van der Waals surface area contributed by atoms with E-state index in [2.05, 4.69) is 41.6 Å². The maximum atomic E-state index is 13.7. The number of aromatic nitrogens is 5. The van der Waals surface area contributed by atoms with Crippen molar-refractivity contribution >= 4 is 23.6 Å². The molecule has 2 aromatic carbocycles. The van der Waals surface area contributed by atoms with Gasteiger partial charge in [0.05, 0.1) is 7.11 Å². The van der Waals surface area contributed by atoms with Crippen molar-refractivity contribution in [3.8, 4) is 28.4 Å². The second kappa shape index (κ2) is 15.5. The van der Waals surface area contributed by atoms with E-state index in [0.717, 1.165) is 35.1 Å².